The maximum Gasteiger partial charge on any atom is 0.0234 e. The Hall–Kier alpha value is -0.0800. The molecule has 2 heteroatoms. The number of nitrogens with one attached hydrogen (secondary N) is 1. The Bertz CT molecular complexity index is 233. The van der Waals surface area contributed by atoms with Crippen LogP contribution in [0.5, 0.6) is 0 Å². The molecule has 0 aromatic heterocycles. The largest absolute Gasteiger partial charge is 0.326 e. The van der Waals surface area contributed by atoms with Gasteiger partial charge in [0, 0.05) is 19.1 Å². The first-order chi connectivity index (χ1) is 8.16. The Kier molecular flexibility index (Phi) is 4.14. The van der Waals surface area contributed by atoms with Crippen molar-refractivity contribution in [3.05, 3.63) is 0 Å². The van der Waals surface area contributed by atoms with Crippen LogP contribution in [0.25, 0.3) is 0 Å². The van der Waals surface area contributed by atoms with Crippen molar-refractivity contribution in [2.75, 3.05) is 13.1 Å². The van der Waals surface area contributed by atoms with Crippen LogP contribution in [-0.4, -0.2) is 19.1 Å². The molecule has 17 heavy (non-hydrogen) atoms. The van der Waals surface area contributed by atoms with E-state index in [1.807, 2.05) is 0 Å². The molecule has 100 valence electrons. The first-order valence-corrected chi connectivity index (χ1v) is 7.63. The average Bonchev–Trinajstić information content (AvgIpc) is 2.66. The molecule has 2 nitrogen and oxygen atoms in total. The van der Waals surface area contributed by atoms with Crippen LogP contribution in [0, 0.1) is 10.8 Å². The van der Waals surface area contributed by atoms with Crippen LogP contribution in [0.1, 0.15) is 65.2 Å². The predicted octanol–water partition coefficient (Wildman–Crippen LogP) is 3.06. The van der Waals surface area contributed by atoms with Crippen LogP contribution < -0.4 is 11.1 Å². The summed E-state index contributed by atoms with van der Waals surface area (Å²) in [4.78, 5) is 0. The third kappa shape index (κ3) is 2.53. The monoisotopic (exact) mass is 238 g/mol. The molecule has 0 aromatic rings. The van der Waals surface area contributed by atoms with E-state index in [2.05, 4.69) is 19.2 Å². The van der Waals surface area contributed by atoms with Gasteiger partial charge in [0.25, 0.3) is 0 Å². The molecule has 1 saturated heterocycles. The van der Waals surface area contributed by atoms with Gasteiger partial charge < -0.3 is 11.1 Å². The normalized spacial score (nSPS) is 30.9. The molecule has 1 saturated carbocycles. The number of rotatable bonds is 4. The van der Waals surface area contributed by atoms with E-state index in [4.69, 9.17) is 5.73 Å². The molecule has 1 atom stereocenters. The highest BCUT2D eigenvalue weighted by Gasteiger charge is 2.46. The second-order valence-corrected chi connectivity index (χ2v) is 6.60. The van der Waals surface area contributed by atoms with E-state index in [1.54, 1.807) is 0 Å². The van der Waals surface area contributed by atoms with Crippen LogP contribution in [0.3, 0.4) is 0 Å². The zero-order chi connectivity index (χ0) is 12.4. The lowest BCUT2D eigenvalue weighted by Gasteiger charge is -2.46. The van der Waals surface area contributed by atoms with Gasteiger partial charge in [0.15, 0.2) is 0 Å². The van der Waals surface area contributed by atoms with E-state index >= 15 is 0 Å². The molecular formula is C15H30N2. The molecule has 0 amide bonds. The van der Waals surface area contributed by atoms with Crippen molar-refractivity contribution in [3.8, 4) is 0 Å². The Labute approximate surface area is 107 Å². The van der Waals surface area contributed by atoms with Gasteiger partial charge in [-0.1, -0.05) is 26.7 Å². The van der Waals surface area contributed by atoms with E-state index in [1.165, 1.54) is 57.9 Å². The second kappa shape index (κ2) is 5.27. The first kappa shape index (κ1) is 13.4. The van der Waals surface area contributed by atoms with Crippen molar-refractivity contribution in [1.82, 2.24) is 5.32 Å². The average molecular weight is 238 g/mol. The summed E-state index contributed by atoms with van der Waals surface area (Å²) in [5, 5.41) is 3.50. The van der Waals surface area contributed by atoms with Gasteiger partial charge >= 0.3 is 0 Å². The number of nitrogens with two attached hydrogens (primary N) is 1. The van der Waals surface area contributed by atoms with Crippen molar-refractivity contribution >= 4 is 0 Å². The summed E-state index contributed by atoms with van der Waals surface area (Å²) in [5.74, 6) is 0. The molecule has 1 aliphatic carbocycles. The Balaban J connectivity index is 1.99. The molecule has 1 aliphatic heterocycles. The summed E-state index contributed by atoms with van der Waals surface area (Å²) in [6.45, 7) is 6.88. The summed E-state index contributed by atoms with van der Waals surface area (Å²) >= 11 is 0. The van der Waals surface area contributed by atoms with Gasteiger partial charge in [-0.15, -0.1) is 0 Å². The van der Waals surface area contributed by atoms with Crippen LogP contribution >= 0.6 is 0 Å². The molecule has 0 radical (unpaired) electrons. The highest BCUT2D eigenvalue weighted by Crippen LogP contribution is 2.51. The highest BCUT2D eigenvalue weighted by atomic mass is 15.0. The van der Waals surface area contributed by atoms with Crippen LogP contribution in [0.4, 0.5) is 0 Å². The lowest BCUT2D eigenvalue weighted by Crippen LogP contribution is -2.45. The lowest BCUT2D eigenvalue weighted by molar-refractivity contribution is 0.0631. The van der Waals surface area contributed by atoms with E-state index < -0.39 is 0 Å². The third-order valence-electron chi connectivity index (χ3n) is 5.49. The Morgan fingerprint density at radius 3 is 2.06 bits per heavy atom. The predicted molar refractivity (Wildman–Crippen MR) is 74.0 cm³/mol. The minimum absolute atomic E-state index is 0.406. The molecule has 2 aliphatic rings. The second-order valence-electron chi connectivity index (χ2n) is 6.60. The van der Waals surface area contributed by atoms with Gasteiger partial charge in [-0.3, -0.25) is 0 Å². The van der Waals surface area contributed by atoms with Gasteiger partial charge in [0.2, 0.25) is 0 Å². The van der Waals surface area contributed by atoms with Gasteiger partial charge in [-0.2, -0.15) is 0 Å². The Morgan fingerprint density at radius 2 is 1.65 bits per heavy atom. The fourth-order valence-corrected chi connectivity index (χ4v) is 4.34. The van der Waals surface area contributed by atoms with Gasteiger partial charge in [-0.05, 0) is 49.4 Å². The van der Waals surface area contributed by atoms with E-state index in [-0.39, 0.29) is 0 Å². The summed E-state index contributed by atoms with van der Waals surface area (Å²) in [7, 11) is 0. The van der Waals surface area contributed by atoms with E-state index in [9.17, 15) is 0 Å². The molecular weight excluding hydrogens is 208 g/mol. The zero-order valence-corrected chi connectivity index (χ0v) is 11.7. The maximum atomic E-state index is 6.32. The summed E-state index contributed by atoms with van der Waals surface area (Å²) in [5.41, 5.74) is 7.43. The fourth-order valence-electron chi connectivity index (χ4n) is 4.34. The molecule has 0 bridgehead atoms. The van der Waals surface area contributed by atoms with Gasteiger partial charge in [0.1, 0.15) is 0 Å². The smallest absolute Gasteiger partial charge is 0.0234 e. The van der Waals surface area contributed by atoms with Crippen molar-refractivity contribution < 1.29 is 0 Å². The summed E-state index contributed by atoms with van der Waals surface area (Å²) in [6, 6.07) is 0.406. The number of hydrogen-bond acceptors (Lipinski definition) is 2. The number of hydrogen-bond donors (Lipinski definition) is 2. The third-order valence-corrected chi connectivity index (χ3v) is 5.49. The van der Waals surface area contributed by atoms with Crippen LogP contribution in [0.2, 0.25) is 0 Å². The minimum atomic E-state index is 0.406. The van der Waals surface area contributed by atoms with Gasteiger partial charge in [-0.25, -0.2) is 0 Å². The molecule has 1 unspecified atom stereocenters. The molecule has 2 fully saturated rings. The van der Waals surface area contributed by atoms with Crippen molar-refractivity contribution in [2.24, 2.45) is 16.6 Å². The quantitative estimate of drug-likeness (QED) is 0.790. The topological polar surface area (TPSA) is 38.0 Å². The van der Waals surface area contributed by atoms with Crippen LogP contribution in [0.15, 0.2) is 0 Å². The van der Waals surface area contributed by atoms with Crippen LogP contribution in [-0.2, 0) is 0 Å². The lowest BCUT2D eigenvalue weighted by atomic mass is 9.59. The van der Waals surface area contributed by atoms with E-state index in [0.717, 1.165) is 6.54 Å². The van der Waals surface area contributed by atoms with Crippen molar-refractivity contribution in [3.63, 3.8) is 0 Å². The highest BCUT2D eigenvalue weighted by molar-refractivity contribution is 5.02. The van der Waals surface area contributed by atoms with Gasteiger partial charge in [0.05, 0.1) is 0 Å². The molecule has 1 spiro atoms. The molecule has 0 aromatic carbocycles. The molecule has 1 heterocycles. The first-order valence-electron chi connectivity index (χ1n) is 7.63. The Morgan fingerprint density at radius 1 is 1.06 bits per heavy atom. The molecule has 2 rings (SSSR count). The standard InChI is InChI=1S/C15H30N2/c1-3-5-14(6-4-2)7-9-15(10-8-14)12-17-11-13(15)16/h13,17H,3-12,16H2,1-2H3. The molecule has 3 N–H and O–H groups in total. The maximum absolute atomic E-state index is 6.32. The summed E-state index contributed by atoms with van der Waals surface area (Å²) in [6.07, 6.45) is 11.1. The summed E-state index contributed by atoms with van der Waals surface area (Å²) < 4.78 is 0. The fraction of sp³-hybridized carbons (Fsp3) is 1.00. The van der Waals surface area contributed by atoms with Crippen molar-refractivity contribution in [2.45, 2.75) is 71.3 Å². The SMILES string of the molecule is CCCC1(CCC)CCC2(CC1)CNCC2N. The van der Waals surface area contributed by atoms with E-state index in [0.29, 0.717) is 16.9 Å². The van der Waals surface area contributed by atoms with Crippen molar-refractivity contribution in [1.29, 1.82) is 0 Å². The zero-order valence-electron chi connectivity index (χ0n) is 11.7. The minimum Gasteiger partial charge on any atom is -0.326 e.